The lowest BCUT2D eigenvalue weighted by atomic mass is 10.3. The SMILES string of the molecule is COc1c[c]ccc1NS(C)(=O)=O. The van der Waals surface area contributed by atoms with Crippen molar-refractivity contribution in [1.29, 1.82) is 0 Å². The molecule has 0 saturated heterocycles. The maximum absolute atomic E-state index is 10.9. The summed E-state index contributed by atoms with van der Waals surface area (Å²) in [6.45, 7) is 0. The van der Waals surface area contributed by atoms with E-state index in [2.05, 4.69) is 10.8 Å². The normalized spacial score (nSPS) is 10.9. The zero-order chi connectivity index (χ0) is 9.90. The van der Waals surface area contributed by atoms with Gasteiger partial charge in [0.2, 0.25) is 10.0 Å². The molecule has 1 radical (unpaired) electrons. The molecule has 0 spiro atoms. The lowest BCUT2D eigenvalue weighted by Gasteiger charge is -2.08. The highest BCUT2D eigenvalue weighted by atomic mass is 32.2. The van der Waals surface area contributed by atoms with Gasteiger partial charge in [0.1, 0.15) is 5.75 Å². The number of anilines is 1. The Morgan fingerprint density at radius 1 is 1.54 bits per heavy atom. The van der Waals surface area contributed by atoms with E-state index in [4.69, 9.17) is 4.74 Å². The smallest absolute Gasteiger partial charge is 0.229 e. The summed E-state index contributed by atoms with van der Waals surface area (Å²) in [5.41, 5.74) is 0.420. The van der Waals surface area contributed by atoms with E-state index in [1.54, 1.807) is 18.2 Å². The fourth-order valence-corrected chi connectivity index (χ4v) is 1.44. The quantitative estimate of drug-likeness (QED) is 0.787. The molecule has 0 aromatic heterocycles. The molecule has 0 unspecified atom stereocenters. The summed E-state index contributed by atoms with van der Waals surface area (Å²) in [4.78, 5) is 0. The Hall–Kier alpha value is -1.23. The maximum atomic E-state index is 10.9. The lowest BCUT2D eigenvalue weighted by molar-refractivity contribution is 0.417. The Balaban J connectivity index is 3.01. The van der Waals surface area contributed by atoms with Crippen LogP contribution in [0.1, 0.15) is 0 Å². The summed E-state index contributed by atoms with van der Waals surface area (Å²) in [7, 11) is -1.78. The predicted molar refractivity (Wildman–Crippen MR) is 50.3 cm³/mol. The average Bonchev–Trinajstić information content (AvgIpc) is 2.02. The van der Waals surface area contributed by atoms with E-state index in [-0.39, 0.29) is 0 Å². The van der Waals surface area contributed by atoms with E-state index in [9.17, 15) is 8.42 Å². The first-order valence-corrected chi connectivity index (χ1v) is 5.44. The third kappa shape index (κ3) is 2.95. The Labute approximate surface area is 77.6 Å². The Bertz CT molecular complexity index is 386. The van der Waals surface area contributed by atoms with E-state index < -0.39 is 10.0 Å². The topological polar surface area (TPSA) is 55.4 Å². The lowest BCUT2D eigenvalue weighted by Crippen LogP contribution is -2.10. The van der Waals surface area contributed by atoms with E-state index in [0.717, 1.165) is 6.26 Å². The van der Waals surface area contributed by atoms with Crippen molar-refractivity contribution in [2.45, 2.75) is 0 Å². The zero-order valence-corrected chi connectivity index (χ0v) is 8.18. The molecule has 71 valence electrons. The largest absolute Gasteiger partial charge is 0.495 e. The van der Waals surface area contributed by atoms with Gasteiger partial charge in [0.15, 0.2) is 0 Å². The number of sulfonamides is 1. The third-order valence-electron chi connectivity index (χ3n) is 1.34. The third-order valence-corrected chi connectivity index (χ3v) is 1.93. The Morgan fingerprint density at radius 3 is 2.77 bits per heavy atom. The number of ether oxygens (including phenoxy) is 1. The van der Waals surface area contributed by atoms with Crippen LogP contribution in [0.25, 0.3) is 0 Å². The molecule has 0 aliphatic heterocycles. The molecular weight excluding hydrogens is 190 g/mol. The molecule has 1 aromatic carbocycles. The highest BCUT2D eigenvalue weighted by Gasteiger charge is 2.05. The number of nitrogens with one attached hydrogen (secondary N) is 1. The first kappa shape index (κ1) is 9.85. The maximum Gasteiger partial charge on any atom is 0.229 e. The fourth-order valence-electron chi connectivity index (χ4n) is 0.868. The summed E-state index contributed by atoms with van der Waals surface area (Å²) < 4.78 is 29.0. The Morgan fingerprint density at radius 2 is 2.23 bits per heavy atom. The van der Waals surface area contributed by atoms with Crippen molar-refractivity contribution in [1.82, 2.24) is 0 Å². The summed E-state index contributed by atoms with van der Waals surface area (Å²) in [6.07, 6.45) is 1.09. The van der Waals surface area contributed by atoms with Crippen molar-refractivity contribution in [2.75, 3.05) is 18.1 Å². The van der Waals surface area contributed by atoms with Gasteiger partial charge in [-0.25, -0.2) is 8.42 Å². The van der Waals surface area contributed by atoms with Crippen LogP contribution in [0.4, 0.5) is 5.69 Å². The summed E-state index contributed by atoms with van der Waals surface area (Å²) in [5.74, 6) is 0.452. The average molecular weight is 200 g/mol. The molecule has 13 heavy (non-hydrogen) atoms. The van der Waals surface area contributed by atoms with Crippen molar-refractivity contribution in [3.63, 3.8) is 0 Å². The molecule has 1 rings (SSSR count). The number of hydrogen-bond acceptors (Lipinski definition) is 3. The highest BCUT2D eigenvalue weighted by molar-refractivity contribution is 7.92. The van der Waals surface area contributed by atoms with Gasteiger partial charge in [0, 0.05) is 0 Å². The molecule has 0 bridgehead atoms. The van der Waals surface area contributed by atoms with Crippen LogP contribution < -0.4 is 9.46 Å². The Kier molecular flexibility index (Phi) is 2.77. The summed E-state index contributed by atoms with van der Waals surface area (Å²) >= 11 is 0. The van der Waals surface area contributed by atoms with Crippen LogP contribution in [0.3, 0.4) is 0 Å². The molecule has 0 fully saturated rings. The minimum atomic E-state index is -3.25. The summed E-state index contributed by atoms with van der Waals surface area (Å²) in [6, 6.07) is 7.53. The van der Waals surface area contributed by atoms with Crippen LogP contribution in [-0.2, 0) is 10.0 Å². The van der Waals surface area contributed by atoms with Gasteiger partial charge in [-0.2, -0.15) is 0 Å². The zero-order valence-electron chi connectivity index (χ0n) is 7.37. The van der Waals surface area contributed by atoms with Crippen LogP contribution in [0.5, 0.6) is 5.75 Å². The van der Waals surface area contributed by atoms with Crippen LogP contribution in [0, 0.1) is 6.07 Å². The minimum Gasteiger partial charge on any atom is -0.495 e. The van der Waals surface area contributed by atoms with Gasteiger partial charge >= 0.3 is 0 Å². The van der Waals surface area contributed by atoms with E-state index in [1.165, 1.54) is 7.11 Å². The molecule has 4 nitrogen and oxygen atoms in total. The number of benzene rings is 1. The second-order valence-corrected chi connectivity index (χ2v) is 4.25. The number of rotatable bonds is 3. The standard InChI is InChI=1S/C8H10NO3S/c1-12-8-6-4-3-5-7(8)9-13(2,10)11/h3,5-6,9H,1-2H3. The first-order valence-electron chi connectivity index (χ1n) is 3.55. The molecule has 0 saturated carbocycles. The molecule has 0 aliphatic rings. The molecule has 0 amide bonds. The van der Waals surface area contributed by atoms with Gasteiger partial charge in [-0.05, 0) is 18.2 Å². The molecule has 0 aliphatic carbocycles. The van der Waals surface area contributed by atoms with Crippen LogP contribution in [-0.4, -0.2) is 21.8 Å². The molecule has 1 N–H and O–H groups in total. The molecule has 0 atom stereocenters. The van der Waals surface area contributed by atoms with Crippen LogP contribution >= 0.6 is 0 Å². The van der Waals surface area contributed by atoms with Crippen LogP contribution in [0.2, 0.25) is 0 Å². The molecular formula is C8H10NO3S. The molecule has 1 aromatic rings. The van der Waals surface area contributed by atoms with E-state index in [1.807, 2.05) is 0 Å². The van der Waals surface area contributed by atoms with Crippen molar-refractivity contribution in [3.8, 4) is 5.75 Å². The van der Waals surface area contributed by atoms with Crippen molar-refractivity contribution < 1.29 is 13.2 Å². The monoisotopic (exact) mass is 200 g/mol. The fraction of sp³-hybridized carbons (Fsp3) is 0.250. The van der Waals surface area contributed by atoms with Crippen LogP contribution in [0.15, 0.2) is 18.2 Å². The second-order valence-electron chi connectivity index (χ2n) is 2.50. The van der Waals surface area contributed by atoms with Crippen molar-refractivity contribution in [3.05, 3.63) is 24.3 Å². The van der Waals surface area contributed by atoms with Crippen molar-refractivity contribution in [2.24, 2.45) is 0 Å². The van der Waals surface area contributed by atoms with Gasteiger partial charge in [-0.3, -0.25) is 4.72 Å². The molecule has 0 heterocycles. The molecule has 5 heteroatoms. The first-order chi connectivity index (χ1) is 6.03. The van der Waals surface area contributed by atoms with E-state index >= 15 is 0 Å². The van der Waals surface area contributed by atoms with Gasteiger partial charge < -0.3 is 4.74 Å². The number of hydrogen-bond donors (Lipinski definition) is 1. The predicted octanol–water partition coefficient (Wildman–Crippen LogP) is 0.867. The van der Waals surface area contributed by atoms with Crippen molar-refractivity contribution >= 4 is 15.7 Å². The van der Waals surface area contributed by atoms with Gasteiger partial charge in [0.05, 0.1) is 19.1 Å². The van der Waals surface area contributed by atoms with Gasteiger partial charge in [0.25, 0.3) is 0 Å². The van der Waals surface area contributed by atoms with E-state index in [0.29, 0.717) is 11.4 Å². The highest BCUT2D eigenvalue weighted by Crippen LogP contribution is 2.23. The summed E-state index contributed by atoms with van der Waals surface area (Å²) in [5, 5.41) is 0. The second kappa shape index (κ2) is 3.66. The van der Waals surface area contributed by atoms with Gasteiger partial charge in [-0.1, -0.05) is 6.07 Å². The minimum absolute atomic E-state index is 0.420. The van der Waals surface area contributed by atoms with Gasteiger partial charge in [-0.15, -0.1) is 0 Å². The number of methoxy groups -OCH3 is 1.